The molecular weight excluding hydrogens is 439 g/mol. The fourth-order valence-electron chi connectivity index (χ4n) is 2.48. The Labute approximate surface area is 159 Å². The topological polar surface area (TPSA) is 96.9 Å². The van der Waals surface area contributed by atoms with Crippen LogP contribution in [0.3, 0.4) is 0 Å². The number of ether oxygens (including phenoxy) is 2. The molecule has 1 aliphatic heterocycles. The number of benzene rings is 1. The summed E-state index contributed by atoms with van der Waals surface area (Å²) in [5.74, 6) is -0.267. The number of carbonyl (C=O) groups excluding carboxylic acids is 2. The fraction of sp³-hybridized carbons (Fsp3) is 0.412. The van der Waals surface area contributed by atoms with Crippen molar-refractivity contribution in [3.05, 3.63) is 32.5 Å². The number of phenolic OH excluding ortho intramolecular Hbond substituents is 1. The molecule has 2 rings (SSSR count). The van der Waals surface area contributed by atoms with E-state index in [0.717, 1.165) is 0 Å². The molecule has 0 spiro atoms. The molecule has 136 valence electrons. The standard InChI is InChI=1S/C17H21IN2O5/c1-8-11(15(22)25-17(2,3)4)13(20-16(23)19-8)9-6-7-10(24-5)14(21)12(9)18/h6-7,13,21H,1-5H3,(H2,19,20,23)/t13-/m0/s1. The van der Waals surface area contributed by atoms with Crippen LogP contribution in [-0.2, 0) is 9.53 Å². The third-order valence-corrected chi connectivity index (χ3v) is 4.66. The highest BCUT2D eigenvalue weighted by Gasteiger charge is 2.35. The molecule has 0 aromatic heterocycles. The van der Waals surface area contributed by atoms with Gasteiger partial charge in [0.1, 0.15) is 5.60 Å². The molecule has 1 aliphatic rings. The molecule has 8 heteroatoms. The van der Waals surface area contributed by atoms with E-state index in [0.29, 0.717) is 20.6 Å². The maximum atomic E-state index is 12.7. The Morgan fingerprint density at radius 1 is 1.32 bits per heavy atom. The average molecular weight is 460 g/mol. The van der Waals surface area contributed by atoms with Crippen molar-refractivity contribution >= 4 is 34.6 Å². The normalized spacial score (nSPS) is 17.7. The second-order valence-corrected chi connectivity index (χ2v) is 7.67. The van der Waals surface area contributed by atoms with E-state index in [9.17, 15) is 14.7 Å². The van der Waals surface area contributed by atoms with Gasteiger partial charge in [0.2, 0.25) is 0 Å². The first-order chi connectivity index (χ1) is 11.5. The number of nitrogens with one attached hydrogen (secondary N) is 2. The first kappa shape index (κ1) is 19.4. The highest BCUT2D eigenvalue weighted by atomic mass is 127. The van der Waals surface area contributed by atoms with Crippen molar-refractivity contribution in [2.45, 2.75) is 39.3 Å². The molecule has 0 saturated heterocycles. The predicted octanol–water partition coefficient (Wildman–Crippen LogP) is 2.98. The monoisotopic (exact) mass is 460 g/mol. The van der Waals surface area contributed by atoms with Crippen LogP contribution in [0.2, 0.25) is 0 Å². The molecule has 0 saturated carbocycles. The Morgan fingerprint density at radius 2 is 1.96 bits per heavy atom. The third kappa shape index (κ3) is 4.17. The zero-order valence-corrected chi connectivity index (χ0v) is 16.8. The second kappa shape index (κ2) is 7.11. The van der Waals surface area contributed by atoms with Gasteiger partial charge in [0, 0.05) is 5.70 Å². The maximum Gasteiger partial charge on any atom is 0.338 e. The number of allylic oxidation sites excluding steroid dienone is 1. The van der Waals surface area contributed by atoms with Crippen LogP contribution in [0.4, 0.5) is 4.79 Å². The minimum atomic E-state index is -0.743. The summed E-state index contributed by atoms with van der Waals surface area (Å²) in [4.78, 5) is 24.6. The SMILES string of the molecule is COc1ccc([C@@H]2NC(=O)NC(C)=C2C(=O)OC(C)(C)C)c(I)c1O. The summed E-state index contributed by atoms with van der Waals surface area (Å²) in [7, 11) is 1.45. The summed E-state index contributed by atoms with van der Waals surface area (Å²) in [5.41, 5.74) is 0.603. The first-order valence-electron chi connectivity index (χ1n) is 7.62. The summed E-state index contributed by atoms with van der Waals surface area (Å²) < 4.78 is 11.0. The highest BCUT2D eigenvalue weighted by Crippen LogP contribution is 2.39. The smallest absolute Gasteiger partial charge is 0.338 e. The lowest BCUT2D eigenvalue weighted by Gasteiger charge is -2.31. The van der Waals surface area contributed by atoms with Crippen LogP contribution < -0.4 is 15.4 Å². The molecule has 0 radical (unpaired) electrons. The lowest BCUT2D eigenvalue weighted by atomic mass is 9.95. The van der Waals surface area contributed by atoms with Crippen LogP contribution in [0.1, 0.15) is 39.3 Å². The molecule has 0 aliphatic carbocycles. The Kier molecular flexibility index (Phi) is 5.50. The van der Waals surface area contributed by atoms with E-state index in [1.807, 2.05) is 22.6 Å². The number of esters is 1. The summed E-state index contributed by atoms with van der Waals surface area (Å²) in [6.45, 7) is 6.95. The highest BCUT2D eigenvalue weighted by molar-refractivity contribution is 14.1. The van der Waals surface area contributed by atoms with Gasteiger partial charge < -0.3 is 25.2 Å². The van der Waals surface area contributed by atoms with Crippen molar-refractivity contribution < 1.29 is 24.2 Å². The molecular formula is C17H21IN2O5. The Morgan fingerprint density at radius 3 is 2.52 bits per heavy atom. The van der Waals surface area contributed by atoms with Crippen LogP contribution in [0.15, 0.2) is 23.4 Å². The Bertz CT molecular complexity index is 752. The average Bonchev–Trinajstić information content (AvgIpc) is 2.47. The van der Waals surface area contributed by atoms with E-state index in [2.05, 4.69) is 10.6 Å². The van der Waals surface area contributed by atoms with Crippen molar-refractivity contribution in [1.82, 2.24) is 10.6 Å². The molecule has 2 amide bonds. The van der Waals surface area contributed by atoms with Gasteiger partial charge in [-0.1, -0.05) is 6.07 Å². The number of phenols is 1. The zero-order valence-electron chi connectivity index (χ0n) is 14.7. The van der Waals surface area contributed by atoms with E-state index in [1.165, 1.54) is 7.11 Å². The van der Waals surface area contributed by atoms with Crippen LogP contribution in [-0.4, -0.2) is 29.8 Å². The van der Waals surface area contributed by atoms with E-state index < -0.39 is 23.6 Å². The van der Waals surface area contributed by atoms with Gasteiger partial charge in [0.15, 0.2) is 11.5 Å². The van der Waals surface area contributed by atoms with Gasteiger partial charge in [-0.25, -0.2) is 9.59 Å². The van der Waals surface area contributed by atoms with Gasteiger partial charge >= 0.3 is 12.0 Å². The number of hydrogen-bond acceptors (Lipinski definition) is 5. The summed E-state index contributed by atoms with van der Waals surface area (Å²) in [6, 6.07) is 2.12. The molecule has 7 nitrogen and oxygen atoms in total. The minimum absolute atomic E-state index is 0.0467. The van der Waals surface area contributed by atoms with Gasteiger partial charge in [0.25, 0.3) is 0 Å². The molecule has 3 N–H and O–H groups in total. The molecule has 0 fully saturated rings. The van der Waals surface area contributed by atoms with Gasteiger partial charge in [-0.05, 0) is 61.9 Å². The largest absolute Gasteiger partial charge is 0.504 e. The summed E-state index contributed by atoms with van der Waals surface area (Å²) in [5, 5.41) is 15.6. The fourth-order valence-corrected chi connectivity index (χ4v) is 3.24. The van der Waals surface area contributed by atoms with E-state index in [4.69, 9.17) is 9.47 Å². The number of hydrogen-bond donors (Lipinski definition) is 3. The lowest BCUT2D eigenvalue weighted by molar-refractivity contribution is -0.150. The molecule has 25 heavy (non-hydrogen) atoms. The molecule has 1 aromatic rings. The quantitative estimate of drug-likeness (QED) is 0.476. The summed E-state index contributed by atoms with van der Waals surface area (Å²) in [6.07, 6.45) is 0. The number of methoxy groups -OCH3 is 1. The number of aromatic hydroxyl groups is 1. The lowest BCUT2D eigenvalue weighted by Crippen LogP contribution is -2.46. The van der Waals surface area contributed by atoms with Crippen molar-refractivity contribution in [3.8, 4) is 11.5 Å². The summed E-state index contributed by atoms with van der Waals surface area (Å²) >= 11 is 1.96. The van der Waals surface area contributed by atoms with E-state index >= 15 is 0 Å². The Hall–Kier alpha value is -1.97. The number of halogens is 1. The van der Waals surface area contributed by atoms with Gasteiger partial charge in [-0.3, -0.25) is 0 Å². The number of carbonyl (C=O) groups is 2. The number of urea groups is 1. The van der Waals surface area contributed by atoms with Crippen molar-refractivity contribution in [3.63, 3.8) is 0 Å². The van der Waals surface area contributed by atoms with E-state index in [-0.39, 0.29) is 11.3 Å². The van der Waals surface area contributed by atoms with E-state index in [1.54, 1.807) is 39.8 Å². The maximum absolute atomic E-state index is 12.7. The second-order valence-electron chi connectivity index (χ2n) is 6.59. The molecule has 1 aromatic carbocycles. The van der Waals surface area contributed by atoms with Crippen LogP contribution in [0, 0.1) is 3.57 Å². The number of rotatable bonds is 3. The molecule has 1 atom stereocenters. The van der Waals surface area contributed by atoms with Crippen molar-refractivity contribution in [2.75, 3.05) is 7.11 Å². The molecule has 0 bridgehead atoms. The van der Waals surface area contributed by atoms with Crippen LogP contribution in [0.5, 0.6) is 11.5 Å². The Balaban J connectivity index is 2.54. The molecule has 0 unspecified atom stereocenters. The van der Waals surface area contributed by atoms with Crippen LogP contribution in [0.25, 0.3) is 0 Å². The third-order valence-electron chi connectivity index (χ3n) is 3.53. The molecule has 1 heterocycles. The minimum Gasteiger partial charge on any atom is -0.504 e. The zero-order chi connectivity index (χ0) is 18.9. The van der Waals surface area contributed by atoms with Gasteiger partial charge in [-0.15, -0.1) is 0 Å². The van der Waals surface area contributed by atoms with Crippen LogP contribution >= 0.6 is 22.6 Å². The number of amides is 2. The van der Waals surface area contributed by atoms with Gasteiger partial charge in [0.05, 0.1) is 22.3 Å². The first-order valence-corrected chi connectivity index (χ1v) is 8.70. The predicted molar refractivity (Wildman–Crippen MR) is 100 cm³/mol. The van der Waals surface area contributed by atoms with Crippen molar-refractivity contribution in [2.24, 2.45) is 0 Å². The van der Waals surface area contributed by atoms with Gasteiger partial charge in [-0.2, -0.15) is 0 Å². The van der Waals surface area contributed by atoms with Crippen molar-refractivity contribution in [1.29, 1.82) is 0 Å².